The standard InChI is InChI=1S/C14H15F3O4/c15-14(16,17)13(21)9-4-2-1-3-7(9)8-5-6-10(18)12(20)11(8)19/h1-4,8,10-12,18-20H,5-6H2. The minimum atomic E-state index is -5.01. The van der Waals surface area contributed by atoms with Gasteiger partial charge < -0.3 is 15.3 Å². The summed E-state index contributed by atoms with van der Waals surface area (Å²) in [6.07, 6.45) is -8.68. The molecule has 1 aromatic rings. The molecule has 0 aromatic heterocycles. The van der Waals surface area contributed by atoms with Gasteiger partial charge in [0.2, 0.25) is 0 Å². The Morgan fingerprint density at radius 3 is 2.29 bits per heavy atom. The minimum Gasteiger partial charge on any atom is -0.390 e. The van der Waals surface area contributed by atoms with Crippen molar-refractivity contribution in [3.8, 4) is 0 Å². The van der Waals surface area contributed by atoms with Crippen molar-refractivity contribution in [1.82, 2.24) is 0 Å². The lowest BCUT2D eigenvalue weighted by molar-refractivity contribution is -0.0953. The lowest BCUT2D eigenvalue weighted by atomic mass is 9.77. The summed E-state index contributed by atoms with van der Waals surface area (Å²) in [5.74, 6) is -2.81. The van der Waals surface area contributed by atoms with Crippen molar-refractivity contribution in [3.63, 3.8) is 0 Å². The van der Waals surface area contributed by atoms with E-state index in [1.165, 1.54) is 18.2 Å². The number of ketones is 1. The van der Waals surface area contributed by atoms with Gasteiger partial charge >= 0.3 is 6.18 Å². The average Bonchev–Trinajstić information content (AvgIpc) is 2.43. The van der Waals surface area contributed by atoms with Crippen molar-refractivity contribution in [2.24, 2.45) is 0 Å². The van der Waals surface area contributed by atoms with E-state index < -0.39 is 41.8 Å². The van der Waals surface area contributed by atoms with E-state index in [2.05, 4.69) is 0 Å². The molecule has 2 rings (SSSR count). The van der Waals surface area contributed by atoms with E-state index in [1.54, 1.807) is 0 Å². The molecule has 4 nitrogen and oxygen atoms in total. The predicted octanol–water partition coefficient (Wildman–Crippen LogP) is 1.39. The summed E-state index contributed by atoms with van der Waals surface area (Å²) in [7, 11) is 0. The number of alkyl halides is 3. The number of carbonyl (C=O) groups excluding carboxylic acids is 1. The Morgan fingerprint density at radius 2 is 1.67 bits per heavy atom. The molecule has 1 aliphatic carbocycles. The zero-order chi connectivity index (χ0) is 15.8. The maximum atomic E-state index is 12.6. The molecule has 0 saturated heterocycles. The number of aliphatic hydroxyl groups is 3. The molecule has 0 radical (unpaired) electrons. The molecule has 4 unspecified atom stereocenters. The summed E-state index contributed by atoms with van der Waals surface area (Å²) < 4.78 is 37.8. The Morgan fingerprint density at radius 1 is 1.05 bits per heavy atom. The summed E-state index contributed by atoms with van der Waals surface area (Å²) in [6.45, 7) is 0. The van der Waals surface area contributed by atoms with E-state index in [1.807, 2.05) is 0 Å². The highest BCUT2D eigenvalue weighted by Crippen LogP contribution is 2.36. The molecule has 0 spiro atoms. The fourth-order valence-electron chi connectivity index (χ4n) is 2.68. The van der Waals surface area contributed by atoms with Gasteiger partial charge in [0.05, 0.1) is 12.2 Å². The van der Waals surface area contributed by atoms with E-state index in [9.17, 15) is 33.3 Å². The fourth-order valence-corrected chi connectivity index (χ4v) is 2.68. The van der Waals surface area contributed by atoms with Gasteiger partial charge in [-0.1, -0.05) is 24.3 Å². The van der Waals surface area contributed by atoms with Crippen molar-refractivity contribution >= 4 is 5.78 Å². The first kappa shape index (κ1) is 15.9. The number of carbonyl (C=O) groups is 1. The summed E-state index contributed by atoms with van der Waals surface area (Å²) in [6, 6.07) is 5.15. The summed E-state index contributed by atoms with van der Waals surface area (Å²) in [5, 5.41) is 29.1. The lowest BCUT2D eigenvalue weighted by Gasteiger charge is -2.36. The molecule has 1 fully saturated rings. The molecule has 21 heavy (non-hydrogen) atoms. The number of halogens is 3. The van der Waals surface area contributed by atoms with Crippen LogP contribution in [0, 0.1) is 0 Å². The van der Waals surface area contributed by atoms with Crippen molar-refractivity contribution in [2.75, 3.05) is 0 Å². The molecule has 0 heterocycles. The zero-order valence-electron chi connectivity index (χ0n) is 10.9. The Balaban J connectivity index is 2.39. The monoisotopic (exact) mass is 304 g/mol. The Labute approximate surface area is 118 Å². The second-order valence-corrected chi connectivity index (χ2v) is 5.15. The molecular weight excluding hydrogens is 289 g/mol. The highest BCUT2D eigenvalue weighted by atomic mass is 19.4. The van der Waals surface area contributed by atoms with E-state index in [0.717, 1.165) is 6.07 Å². The third kappa shape index (κ3) is 3.09. The number of rotatable bonds is 2. The lowest BCUT2D eigenvalue weighted by Crippen LogP contribution is -2.45. The molecule has 1 aromatic carbocycles. The first-order valence-electron chi connectivity index (χ1n) is 6.48. The maximum absolute atomic E-state index is 12.6. The highest BCUT2D eigenvalue weighted by Gasteiger charge is 2.43. The second-order valence-electron chi connectivity index (χ2n) is 5.15. The smallest absolute Gasteiger partial charge is 0.390 e. The third-order valence-corrected chi connectivity index (χ3v) is 3.79. The third-order valence-electron chi connectivity index (χ3n) is 3.79. The SMILES string of the molecule is O=C(c1ccccc1C1CCC(O)C(O)C1O)C(F)(F)F. The van der Waals surface area contributed by atoms with Crippen LogP contribution in [0.15, 0.2) is 24.3 Å². The number of benzene rings is 1. The first-order valence-corrected chi connectivity index (χ1v) is 6.48. The number of aliphatic hydroxyl groups excluding tert-OH is 3. The fraction of sp³-hybridized carbons (Fsp3) is 0.500. The summed E-state index contributed by atoms with van der Waals surface area (Å²) in [5.41, 5.74) is -0.490. The average molecular weight is 304 g/mol. The van der Waals surface area contributed by atoms with Crippen LogP contribution in [0.2, 0.25) is 0 Å². The molecule has 0 amide bonds. The molecule has 3 N–H and O–H groups in total. The number of hydrogen-bond acceptors (Lipinski definition) is 4. The number of hydrogen-bond donors (Lipinski definition) is 3. The minimum absolute atomic E-state index is 0.0401. The van der Waals surface area contributed by atoms with Crippen molar-refractivity contribution in [3.05, 3.63) is 35.4 Å². The maximum Gasteiger partial charge on any atom is 0.454 e. The normalized spacial score (nSPS) is 30.2. The van der Waals surface area contributed by atoms with Crippen LogP contribution in [-0.4, -0.2) is 45.6 Å². The summed E-state index contributed by atoms with van der Waals surface area (Å²) >= 11 is 0. The van der Waals surface area contributed by atoms with Crippen LogP contribution in [0.5, 0.6) is 0 Å². The second kappa shape index (κ2) is 5.75. The first-order chi connectivity index (χ1) is 9.73. The topological polar surface area (TPSA) is 77.8 Å². The summed E-state index contributed by atoms with van der Waals surface area (Å²) in [4.78, 5) is 11.5. The van der Waals surface area contributed by atoms with Crippen LogP contribution >= 0.6 is 0 Å². The largest absolute Gasteiger partial charge is 0.454 e. The Kier molecular flexibility index (Phi) is 4.36. The molecule has 0 bridgehead atoms. The van der Waals surface area contributed by atoms with Gasteiger partial charge in [-0.15, -0.1) is 0 Å². The van der Waals surface area contributed by atoms with Gasteiger partial charge in [0.25, 0.3) is 5.78 Å². The van der Waals surface area contributed by atoms with Gasteiger partial charge in [-0.2, -0.15) is 13.2 Å². The molecule has 116 valence electrons. The molecule has 4 atom stereocenters. The highest BCUT2D eigenvalue weighted by molar-refractivity contribution is 6.01. The molecule has 0 aliphatic heterocycles. The van der Waals surface area contributed by atoms with Crippen LogP contribution in [-0.2, 0) is 0 Å². The van der Waals surface area contributed by atoms with Crippen LogP contribution < -0.4 is 0 Å². The van der Waals surface area contributed by atoms with Gasteiger partial charge in [0, 0.05) is 11.5 Å². The molecule has 1 aliphatic rings. The van der Waals surface area contributed by atoms with Gasteiger partial charge in [-0.3, -0.25) is 4.79 Å². The molecule has 7 heteroatoms. The van der Waals surface area contributed by atoms with E-state index in [4.69, 9.17) is 0 Å². The van der Waals surface area contributed by atoms with Crippen LogP contribution in [0.1, 0.15) is 34.7 Å². The quantitative estimate of drug-likeness (QED) is 0.722. The van der Waals surface area contributed by atoms with Crippen molar-refractivity contribution in [1.29, 1.82) is 0 Å². The Bertz CT molecular complexity index is 529. The van der Waals surface area contributed by atoms with Crippen LogP contribution in [0.3, 0.4) is 0 Å². The van der Waals surface area contributed by atoms with Crippen molar-refractivity contribution in [2.45, 2.75) is 43.2 Å². The molecular formula is C14H15F3O4. The van der Waals surface area contributed by atoms with Gasteiger partial charge in [-0.05, 0) is 18.4 Å². The van der Waals surface area contributed by atoms with Gasteiger partial charge in [0.15, 0.2) is 0 Å². The van der Waals surface area contributed by atoms with Crippen molar-refractivity contribution < 1.29 is 33.3 Å². The van der Waals surface area contributed by atoms with E-state index in [-0.39, 0.29) is 18.4 Å². The van der Waals surface area contributed by atoms with Gasteiger partial charge in [-0.25, -0.2) is 0 Å². The van der Waals surface area contributed by atoms with Gasteiger partial charge in [0.1, 0.15) is 6.10 Å². The van der Waals surface area contributed by atoms with E-state index >= 15 is 0 Å². The molecule has 1 saturated carbocycles. The Hall–Kier alpha value is -1.44. The zero-order valence-corrected chi connectivity index (χ0v) is 10.9. The van der Waals surface area contributed by atoms with Crippen LogP contribution in [0.4, 0.5) is 13.2 Å². The van der Waals surface area contributed by atoms with Crippen LogP contribution in [0.25, 0.3) is 0 Å². The number of Topliss-reactive ketones (excluding diaryl/α,β-unsaturated/α-hetero) is 1. The van der Waals surface area contributed by atoms with E-state index in [0.29, 0.717) is 0 Å². The predicted molar refractivity (Wildman–Crippen MR) is 66.8 cm³/mol.